The molecule has 0 aliphatic rings. The Morgan fingerprint density at radius 1 is 0.379 bits per heavy atom. The van der Waals surface area contributed by atoms with E-state index in [2.05, 4.69) is 240 Å². The Balaban J connectivity index is 0.686. The van der Waals surface area contributed by atoms with Crippen molar-refractivity contribution >= 4 is 165 Å². The number of rotatable bonds is 21. The Morgan fingerprint density at radius 3 is 1.48 bits per heavy atom. The minimum Gasteiger partial charge on any atom is -0.233 e. The Morgan fingerprint density at radius 2 is 0.874 bits per heavy atom. The van der Waals surface area contributed by atoms with E-state index in [1.54, 1.807) is 22.7 Å². The molecule has 1 unspecified atom stereocenters. The zero-order valence-electron chi connectivity index (χ0n) is 49.7. The molecular formula is C79H68N2S6. The van der Waals surface area contributed by atoms with Crippen LogP contribution in [-0.2, 0) is 25.7 Å². The summed E-state index contributed by atoms with van der Waals surface area (Å²) in [7, 11) is 0. The molecule has 0 saturated heterocycles. The molecule has 0 N–H and O–H groups in total. The summed E-state index contributed by atoms with van der Waals surface area (Å²) in [6.07, 6.45) is 25.3. The normalized spacial score (nSPS) is 12.6. The van der Waals surface area contributed by atoms with Crippen LogP contribution in [0.25, 0.3) is 117 Å². The molecule has 0 amide bonds. The SMILES string of the molecule is CCCCCc1ccc(/C=C/c2cc3cc4sc(-c5cc6cc7sc(CC(Cc8cc(C)ccc8/C=C/c8ccc9nc(-c%10nc%11ccc(/C=C/c%12ccc(C)cc%12)cc%11s%10)sc9c8)c8ccc(CCCCC)cc8)cc7cc6s5)cc4cc3s2)cc1. The molecule has 14 rings (SSSR count). The summed E-state index contributed by atoms with van der Waals surface area (Å²) < 4.78 is 7.76. The zero-order valence-corrected chi connectivity index (χ0v) is 54.6. The number of aryl methyl sites for hydroxylation is 4. The van der Waals surface area contributed by atoms with Gasteiger partial charge in [-0.2, -0.15) is 0 Å². The summed E-state index contributed by atoms with van der Waals surface area (Å²) in [6, 6.07) is 67.0. The Kier molecular flexibility index (Phi) is 17.0. The van der Waals surface area contributed by atoms with Crippen molar-refractivity contribution in [2.75, 3.05) is 0 Å². The molecule has 0 aliphatic carbocycles. The zero-order chi connectivity index (χ0) is 58.8. The highest BCUT2D eigenvalue weighted by Gasteiger charge is 2.20. The Bertz CT molecular complexity index is 4750. The van der Waals surface area contributed by atoms with E-state index in [4.69, 9.17) is 9.97 Å². The highest BCUT2D eigenvalue weighted by atomic mass is 32.1. The number of nitrogens with zero attached hydrogens (tertiary/aromatic N) is 2. The second kappa shape index (κ2) is 25.7. The van der Waals surface area contributed by atoms with Crippen molar-refractivity contribution in [2.45, 2.75) is 97.8 Å². The number of aromatic nitrogens is 2. The van der Waals surface area contributed by atoms with E-state index in [1.807, 2.05) is 45.3 Å². The quantitative estimate of drug-likeness (QED) is 0.0529. The van der Waals surface area contributed by atoms with E-state index < -0.39 is 0 Å². The van der Waals surface area contributed by atoms with Gasteiger partial charge in [-0.05, 0) is 209 Å². The van der Waals surface area contributed by atoms with Gasteiger partial charge in [0.05, 0.1) is 20.4 Å². The average Bonchev–Trinajstić information content (AvgIpc) is 4.36. The standard InChI is InChI=1S/C79H68N2S6/c1-5-7-9-11-52-18-20-55(21-19-52)27-34-66-42-62-44-72-64(46-70(62)82-66)48-76(84-72)77-49-65-47-71-63(45-73(65)85-77)43-67(83-71)41-61(59-31-24-53(25-32-59)12-10-8-6-2)40-60-37-51(4)15-30-58(60)33-26-57-29-36-69-75(39-57)87-79(81-69)78-80-68-35-28-56(38-74(68)86-78)23-22-54-16-13-50(3)14-17-54/h13-39,42-49,61H,5-12,40-41H2,1-4H3/b23-22+,33-26+,34-27+. The first kappa shape index (κ1) is 57.4. The molecule has 0 saturated carbocycles. The molecule has 0 spiro atoms. The van der Waals surface area contributed by atoms with Crippen LogP contribution in [0.15, 0.2) is 176 Å². The van der Waals surface area contributed by atoms with Crippen molar-refractivity contribution in [3.8, 4) is 19.8 Å². The van der Waals surface area contributed by atoms with E-state index >= 15 is 0 Å². The summed E-state index contributed by atoms with van der Waals surface area (Å²) in [5, 5.41) is 7.28. The molecule has 430 valence electrons. The van der Waals surface area contributed by atoms with Gasteiger partial charge < -0.3 is 0 Å². The molecule has 6 aromatic heterocycles. The molecule has 8 aromatic carbocycles. The van der Waals surface area contributed by atoms with Crippen LogP contribution in [-0.4, -0.2) is 9.97 Å². The fourth-order valence-corrected chi connectivity index (χ4v) is 18.4. The third-order valence-corrected chi connectivity index (χ3v) is 23.6. The van der Waals surface area contributed by atoms with Gasteiger partial charge in [0, 0.05) is 38.3 Å². The molecule has 14 aromatic rings. The van der Waals surface area contributed by atoms with Crippen LogP contribution in [0.3, 0.4) is 0 Å². The highest BCUT2D eigenvalue weighted by Crippen LogP contribution is 2.45. The lowest BCUT2D eigenvalue weighted by Crippen LogP contribution is -2.08. The van der Waals surface area contributed by atoms with Gasteiger partial charge >= 0.3 is 0 Å². The second-order valence-corrected chi connectivity index (χ2v) is 30.1. The lowest BCUT2D eigenvalue weighted by molar-refractivity contribution is 0.684. The smallest absolute Gasteiger partial charge is 0.153 e. The lowest BCUT2D eigenvalue weighted by Gasteiger charge is -2.19. The van der Waals surface area contributed by atoms with Gasteiger partial charge in [-0.3, -0.25) is 0 Å². The van der Waals surface area contributed by atoms with Crippen LogP contribution in [0.1, 0.15) is 129 Å². The number of unbranched alkanes of at least 4 members (excludes halogenated alkanes) is 4. The van der Waals surface area contributed by atoms with Crippen LogP contribution in [0.5, 0.6) is 0 Å². The summed E-state index contributed by atoms with van der Waals surface area (Å²) in [5.74, 6) is 0.315. The summed E-state index contributed by atoms with van der Waals surface area (Å²) in [6.45, 7) is 8.91. The Labute approximate surface area is 535 Å². The first-order valence-corrected chi connectivity index (χ1v) is 35.7. The molecule has 2 nitrogen and oxygen atoms in total. The summed E-state index contributed by atoms with van der Waals surface area (Å²) in [4.78, 5) is 15.6. The van der Waals surface area contributed by atoms with Crippen LogP contribution in [0, 0.1) is 13.8 Å². The maximum absolute atomic E-state index is 5.09. The predicted octanol–water partition coefficient (Wildman–Crippen LogP) is 25.3. The van der Waals surface area contributed by atoms with Gasteiger partial charge in [0.15, 0.2) is 10.0 Å². The van der Waals surface area contributed by atoms with Crippen molar-refractivity contribution in [3.63, 3.8) is 0 Å². The number of thiazole rings is 2. The van der Waals surface area contributed by atoms with E-state index in [9.17, 15) is 0 Å². The van der Waals surface area contributed by atoms with Crippen molar-refractivity contribution in [1.82, 2.24) is 9.97 Å². The third kappa shape index (κ3) is 13.2. The minimum atomic E-state index is 0.315. The lowest BCUT2D eigenvalue weighted by atomic mass is 9.86. The topological polar surface area (TPSA) is 25.8 Å². The molecule has 0 radical (unpaired) electrons. The average molecular weight is 1240 g/mol. The van der Waals surface area contributed by atoms with Crippen molar-refractivity contribution in [2.24, 2.45) is 0 Å². The minimum absolute atomic E-state index is 0.315. The fourth-order valence-electron chi connectivity index (χ4n) is 12.0. The molecule has 0 bridgehead atoms. The van der Waals surface area contributed by atoms with Gasteiger partial charge in [0.1, 0.15) is 0 Å². The number of thiophene rings is 4. The monoisotopic (exact) mass is 1240 g/mol. The van der Waals surface area contributed by atoms with Crippen molar-refractivity contribution < 1.29 is 0 Å². The van der Waals surface area contributed by atoms with E-state index in [-0.39, 0.29) is 0 Å². The van der Waals surface area contributed by atoms with E-state index in [0.29, 0.717) is 5.92 Å². The van der Waals surface area contributed by atoms with E-state index in [1.165, 1.54) is 175 Å². The van der Waals surface area contributed by atoms with Crippen LogP contribution in [0.4, 0.5) is 0 Å². The summed E-state index contributed by atoms with van der Waals surface area (Å²) in [5.41, 5.74) is 16.3. The van der Waals surface area contributed by atoms with Gasteiger partial charge in [-0.15, -0.1) is 68.0 Å². The number of fused-ring (bicyclic) bond motifs is 6. The largest absolute Gasteiger partial charge is 0.233 e. The number of hydrogen-bond acceptors (Lipinski definition) is 8. The van der Waals surface area contributed by atoms with Gasteiger partial charge in [-0.25, -0.2) is 9.97 Å². The number of benzene rings is 8. The molecule has 0 aliphatic heterocycles. The highest BCUT2D eigenvalue weighted by molar-refractivity contribution is 7.29. The Hall–Kier alpha value is -7.40. The number of hydrogen-bond donors (Lipinski definition) is 0. The van der Waals surface area contributed by atoms with Crippen molar-refractivity contribution in [3.05, 3.63) is 247 Å². The maximum Gasteiger partial charge on any atom is 0.153 e. The molecule has 1 atom stereocenters. The van der Waals surface area contributed by atoms with Gasteiger partial charge in [0.25, 0.3) is 0 Å². The first-order chi connectivity index (χ1) is 42.7. The van der Waals surface area contributed by atoms with Crippen LogP contribution >= 0.6 is 68.0 Å². The first-order valence-electron chi connectivity index (χ1n) is 30.8. The molecule has 0 fully saturated rings. The molecule has 6 heterocycles. The maximum atomic E-state index is 5.09. The van der Waals surface area contributed by atoms with Gasteiger partial charge in [0.2, 0.25) is 0 Å². The summed E-state index contributed by atoms with van der Waals surface area (Å²) >= 11 is 11.2. The second-order valence-electron chi connectivity index (χ2n) is 23.5. The predicted molar refractivity (Wildman–Crippen MR) is 390 cm³/mol. The van der Waals surface area contributed by atoms with E-state index in [0.717, 1.165) is 40.3 Å². The molecular weight excluding hydrogens is 1170 g/mol. The fraction of sp³-hybridized carbons (Fsp3) is 0.190. The third-order valence-electron chi connectivity index (χ3n) is 16.9. The van der Waals surface area contributed by atoms with Crippen LogP contribution < -0.4 is 0 Å². The molecule has 87 heavy (non-hydrogen) atoms. The van der Waals surface area contributed by atoms with Crippen LogP contribution in [0.2, 0.25) is 0 Å². The van der Waals surface area contributed by atoms with Gasteiger partial charge in [-0.1, -0.05) is 184 Å². The van der Waals surface area contributed by atoms with Crippen molar-refractivity contribution in [1.29, 1.82) is 0 Å². The molecule has 8 heteroatoms.